The fourth-order valence-corrected chi connectivity index (χ4v) is 3.04. The molecule has 1 atom stereocenters. The highest BCUT2D eigenvalue weighted by atomic mass is 16.5. The van der Waals surface area contributed by atoms with Gasteiger partial charge in [0.1, 0.15) is 6.61 Å². The van der Waals surface area contributed by atoms with Crippen LogP contribution in [0.25, 0.3) is 0 Å². The lowest BCUT2D eigenvalue weighted by Crippen LogP contribution is -2.42. The number of aryl methyl sites for hydroxylation is 1. The van der Waals surface area contributed by atoms with Crippen molar-refractivity contribution in [3.05, 3.63) is 65.9 Å². The van der Waals surface area contributed by atoms with Gasteiger partial charge in [0.15, 0.2) is 0 Å². The molecular weight excluding hydrogens is 320 g/mol. The summed E-state index contributed by atoms with van der Waals surface area (Å²) in [4.78, 5) is 18.6. The molecule has 0 radical (unpaired) electrons. The number of rotatable bonds is 4. The van der Waals surface area contributed by atoms with Crippen molar-refractivity contribution in [1.29, 1.82) is 0 Å². The normalized spacial score (nSPS) is 16.5. The molecule has 25 heavy (non-hydrogen) atoms. The van der Waals surface area contributed by atoms with E-state index in [0.717, 1.165) is 5.69 Å². The summed E-state index contributed by atoms with van der Waals surface area (Å²) in [7, 11) is 0. The van der Waals surface area contributed by atoms with Crippen LogP contribution < -0.4 is 4.74 Å². The molecule has 1 aliphatic heterocycles. The molecule has 1 amide bonds. The van der Waals surface area contributed by atoms with Crippen molar-refractivity contribution in [2.75, 3.05) is 13.2 Å². The SMILES string of the molecule is Cc1cc(C(=O)N2Cc3cccn3[C@H](COc3ccccn3)C2)on1. The molecule has 128 valence electrons. The molecule has 3 aromatic heterocycles. The highest BCUT2D eigenvalue weighted by Gasteiger charge is 2.30. The molecule has 4 rings (SSSR count). The zero-order chi connectivity index (χ0) is 17.2. The zero-order valence-corrected chi connectivity index (χ0v) is 13.8. The van der Waals surface area contributed by atoms with E-state index in [2.05, 4.69) is 14.7 Å². The van der Waals surface area contributed by atoms with Gasteiger partial charge in [-0.15, -0.1) is 0 Å². The number of ether oxygens (including phenoxy) is 1. The fourth-order valence-electron chi connectivity index (χ4n) is 3.04. The van der Waals surface area contributed by atoms with Crippen molar-refractivity contribution in [2.45, 2.75) is 19.5 Å². The van der Waals surface area contributed by atoms with Gasteiger partial charge >= 0.3 is 0 Å². The van der Waals surface area contributed by atoms with E-state index in [4.69, 9.17) is 9.26 Å². The second kappa shape index (κ2) is 6.43. The molecule has 0 spiro atoms. The summed E-state index contributed by atoms with van der Waals surface area (Å²) in [5.41, 5.74) is 1.75. The number of hydrogen-bond donors (Lipinski definition) is 0. The van der Waals surface area contributed by atoms with Gasteiger partial charge in [0, 0.05) is 36.8 Å². The van der Waals surface area contributed by atoms with Crippen molar-refractivity contribution in [1.82, 2.24) is 19.6 Å². The number of fused-ring (bicyclic) bond motifs is 1. The van der Waals surface area contributed by atoms with Crippen LogP contribution in [0.5, 0.6) is 5.88 Å². The first-order valence-corrected chi connectivity index (χ1v) is 8.13. The highest BCUT2D eigenvalue weighted by molar-refractivity contribution is 5.91. The van der Waals surface area contributed by atoms with E-state index in [9.17, 15) is 4.79 Å². The number of amides is 1. The summed E-state index contributed by atoms with van der Waals surface area (Å²) in [6, 6.07) is 11.2. The predicted octanol–water partition coefficient (Wildman–Crippen LogP) is 2.46. The summed E-state index contributed by atoms with van der Waals surface area (Å²) in [6.07, 6.45) is 3.71. The molecular formula is C18H18N4O3. The quantitative estimate of drug-likeness (QED) is 0.730. The number of nitrogens with zero attached hydrogens (tertiary/aromatic N) is 4. The minimum atomic E-state index is -0.157. The maximum Gasteiger partial charge on any atom is 0.292 e. The summed E-state index contributed by atoms with van der Waals surface area (Å²) in [6.45, 7) is 3.29. The van der Waals surface area contributed by atoms with Gasteiger partial charge in [-0.25, -0.2) is 4.98 Å². The Kier molecular flexibility index (Phi) is 3.97. The number of carbonyl (C=O) groups excluding carboxylic acids is 1. The van der Waals surface area contributed by atoms with Crippen LogP contribution in [-0.2, 0) is 6.54 Å². The van der Waals surface area contributed by atoms with E-state index in [1.165, 1.54) is 0 Å². The van der Waals surface area contributed by atoms with E-state index in [-0.39, 0.29) is 17.7 Å². The minimum absolute atomic E-state index is 0.00808. The zero-order valence-electron chi connectivity index (χ0n) is 13.8. The smallest absolute Gasteiger partial charge is 0.292 e. The first-order valence-electron chi connectivity index (χ1n) is 8.13. The Morgan fingerprint density at radius 2 is 2.28 bits per heavy atom. The summed E-state index contributed by atoms with van der Waals surface area (Å²) in [5.74, 6) is 0.684. The minimum Gasteiger partial charge on any atom is -0.475 e. The molecule has 1 aliphatic rings. The predicted molar refractivity (Wildman–Crippen MR) is 89.2 cm³/mol. The van der Waals surface area contributed by atoms with Gasteiger partial charge in [-0.1, -0.05) is 11.2 Å². The van der Waals surface area contributed by atoms with Crippen LogP contribution in [-0.4, -0.2) is 38.7 Å². The van der Waals surface area contributed by atoms with Crippen molar-refractivity contribution in [2.24, 2.45) is 0 Å². The van der Waals surface area contributed by atoms with Gasteiger partial charge < -0.3 is 18.7 Å². The molecule has 0 bridgehead atoms. The Balaban J connectivity index is 1.52. The molecule has 0 unspecified atom stereocenters. The molecule has 0 fully saturated rings. The van der Waals surface area contributed by atoms with Crippen LogP contribution in [0.1, 0.15) is 28.0 Å². The van der Waals surface area contributed by atoms with Crippen LogP contribution in [0.3, 0.4) is 0 Å². The topological polar surface area (TPSA) is 73.4 Å². The number of aromatic nitrogens is 3. The third kappa shape index (κ3) is 3.13. The average Bonchev–Trinajstić information content (AvgIpc) is 3.28. The monoisotopic (exact) mass is 338 g/mol. The van der Waals surface area contributed by atoms with E-state index < -0.39 is 0 Å². The molecule has 0 aromatic carbocycles. The Labute approximate surface area is 144 Å². The van der Waals surface area contributed by atoms with Crippen LogP contribution in [0, 0.1) is 6.92 Å². The number of hydrogen-bond acceptors (Lipinski definition) is 5. The van der Waals surface area contributed by atoms with E-state index in [1.54, 1.807) is 24.1 Å². The molecule has 7 nitrogen and oxygen atoms in total. The fraction of sp³-hybridized carbons (Fsp3) is 0.278. The third-order valence-corrected chi connectivity index (χ3v) is 4.23. The van der Waals surface area contributed by atoms with E-state index in [1.807, 2.05) is 36.5 Å². The third-order valence-electron chi connectivity index (χ3n) is 4.23. The second-order valence-corrected chi connectivity index (χ2v) is 6.06. The van der Waals surface area contributed by atoms with Gasteiger partial charge in [-0.3, -0.25) is 4.79 Å². The van der Waals surface area contributed by atoms with E-state index in [0.29, 0.717) is 31.3 Å². The van der Waals surface area contributed by atoms with Crippen molar-refractivity contribution in [3.63, 3.8) is 0 Å². The maximum atomic E-state index is 12.7. The Morgan fingerprint density at radius 1 is 1.36 bits per heavy atom. The maximum absolute atomic E-state index is 12.7. The molecule has 0 aliphatic carbocycles. The Bertz CT molecular complexity index is 871. The summed E-state index contributed by atoms with van der Waals surface area (Å²) < 4.78 is 13.1. The Hall–Kier alpha value is -3.09. The molecule has 3 aromatic rings. The lowest BCUT2D eigenvalue weighted by Gasteiger charge is -2.34. The number of pyridine rings is 1. The van der Waals surface area contributed by atoms with Crippen molar-refractivity contribution >= 4 is 5.91 Å². The van der Waals surface area contributed by atoms with Gasteiger partial charge in [0.25, 0.3) is 5.91 Å². The number of carbonyl (C=O) groups is 1. The average molecular weight is 338 g/mol. The van der Waals surface area contributed by atoms with Crippen LogP contribution >= 0.6 is 0 Å². The molecule has 0 saturated heterocycles. The van der Waals surface area contributed by atoms with Crippen molar-refractivity contribution in [3.8, 4) is 5.88 Å². The van der Waals surface area contributed by atoms with Crippen LogP contribution in [0.4, 0.5) is 0 Å². The van der Waals surface area contributed by atoms with Gasteiger partial charge in [-0.2, -0.15) is 0 Å². The van der Waals surface area contributed by atoms with Crippen molar-refractivity contribution < 1.29 is 14.1 Å². The largest absolute Gasteiger partial charge is 0.475 e. The van der Waals surface area contributed by atoms with Crippen LogP contribution in [0.2, 0.25) is 0 Å². The van der Waals surface area contributed by atoms with Crippen LogP contribution in [0.15, 0.2) is 53.3 Å². The van der Waals surface area contributed by atoms with Gasteiger partial charge in [-0.05, 0) is 25.1 Å². The molecule has 0 saturated carbocycles. The second-order valence-electron chi connectivity index (χ2n) is 6.06. The highest BCUT2D eigenvalue weighted by Crippen LogP contribution is 2.24. The Morgan fingerprint density at radius 3 is 3.04 bits per heavy atom. The first kappa shape index (κ1) is 15.4. The lowest BCUT2D eigenvalue weighted by molar-refractivity contribution is 0.0605. The van der Waals surface area contributed by atoms with Gasteiger partial charge in [0.2, 0.25) is 11.6 Å². The first-order chi connectivity index (χ1) is 12.2. The molecule has 7 heteroatoms. The standard InChI is InChI=1S/C18H18N4O3/c1-13-9-16(25-20-13)18(23)21-10-14-5-4-8-22(14)15(11-21)12-24-17-6-2-3-7-19-17/h2-9,15H,10-12H2,1H3/t15-/m0/s1. The van der Waals surface area contributed by atoms with Gasteiger partial charge in [0.05, 0.1) is 18.3 Å². The molecule has 4 heterocycles. The summed E-state index contributed by atoms with van der Waals surface area (Å²) in [5, 5.41) is 3.80. The van der Waals surface area contributed by atoms with E-state index >= 15 is 0 Å². The molecule has 0 N–H and O–H groups in total. The summed E-state index contributed by atoms with van der Waals surface area (Å²) >= 11 is 0. The lowest BCUT2D eigenvalue weighted by atomic mass is 10.2.